The van der Waals surface area contributed by atoms with Gasteiger partial charge in [-0.15, -0.1) is 0 Å². The summed E-state index contributed by atoms with van der Waals surface area (Å²) in [5.41, 5.74) is 2.69. The highest BCUT2D eigenvalue weighted by molar-refractivity contribution is 6.21. The second-order valence-electron chi connectivity index (χ2n) is 7.59. The Morgan fingerprint density at radius 3 is 2.42 bits per heavy atom. The monoisotopic (exact) mass is 423 g/mol. The Balaban J connectivity index is 1.38. The van der Waals surface area contributed by atoms with E-state index in [0.29, 0.717) is 30.3 Å². The van der Waals surface area contributed by atoms with E-state index in [-0.39, 0.29) is 24.7 Å². The molecule has 0 bridgehead atoms. The fourth-order valence-electron chi connectivity index (χ4n) is 4.07. The van der Waals surface area contributed by atoms with Gasteiger partial charge >= 0.3 is 6.03 Å². The van der Waals surface area contributed by atoms with Crippen LogP contribution in [0.3, 0.4) is 0 Å². The number of hydrogen-bond acceptors (Lipinski definition) is 5. The Morgan fingerprint density at radius 1 is 1.06 bits per heavy atom. The molecule has 4 rings (SSSR count). The van der Waals surface area contributed by atoms with E-state index in [2.05, 4.69) is 5.32 Å². The lowest BCUT2D eigenvalue weighted by molar-refractivity contribution is -0.132. The number of carbonyl (C=O) groups excluding carboxylic acids is 3. The maximum absolute atomic E-state index is 12.8. The zero-order valence-corrected chi connectivity index (χ0v) is 17.6. The number of nitrogens with one attached hydrogen (secondary N) is 1. The number of benzene rings is 2. The molecular formula is C23H25N3O5. The lowest BCUT2D eigenvalue weighted by atomic mass is 9.98. The van der Waals surface area contributed by atoms with Gasteiger partial charge in [0.2, 0.25) is 5.91 Å². The van der Waals surface area contributed by atoms with Crippen LogP contribution in [0.5, 0.6) is 11.5 Å². The van der Waals surface area contributed by atoms with Crippen molar-refractivity contribution in [1.29, 1.82) is 0 Å². The minimum absolute atomic E-state index is 0.0411. The van der Waals surface area contributed by atoms with Crippen molar-refractivity contribution in [3.63, 3.8) is 0 Å². The van der Waals surface area contributed by atoms with E-state index in [1.165, 1.54) is 0 Å². The van der Waals surface area contributed by atoms with Gasteiger partial charge in [0.1, 0.15) is 6.04 Å². The Morgan fingerprint density at radius 2 is 1.74 bits per heavy atom. The number of nitrogens with zero attached hydrogens (tertiary/aromatic N) is 2. The summed E-state index contributed by atoms with van der Waals surface area (Å²) in [5.74, 6) is 0.945. The van der Waals surface area contributed by atoms with Crippen LogP contribution < -0.4 is 19.7 Å². The number of ether oxygens (including phenoxy) is 2. The molecule has 0 aromatic heterocycles. The summed E-state index contributed by atoms with van der Waals surface area (Å²) in [7, 11) is 3.19. The van der Waals surface area contributed by atoms with E-state index in [1.54, 1.807) is 43.4 Å². The minimum Gasteiger partial charge on any atom is -0.493 e. The first-order valence-electron chi connectivity index (χ1n) is 10.2. The van der Waals surface area contributed by atoms with Crippen LogP contribution in [0.1, 0.15) is 24.0 Å². The van der Waals surface area contributed by atoms with E-state index in [4.69, 9.17) is 9.47 Å². The van der Waals surface area contributed by atoms with Crippen LogP contribution in [0, 0.1) is 0 Å². The highest BCUT2D eigenvalue weighted by Gasteiger charge is 2.39. The number of imide groups is 1. The molecule has 0 radical (unpaired) electrons. The third-order valence-corrected chi connectivity index (χ3v) is 5.75. The molecule has 1 fully saturated rings. The van der Waals surface area contributed by atoms with Crippen LogP contribution in [-0.2, 0) is 22.6 Å². The van der Waals surface area contributed by atoms with Gasteiger partial charge in [-0.1, -0.05) is 18.2 Å². The SMILES string of the molecule is COc1cc2c(cc1OC)CN(C(=O)CC[C@@H]1NC(=O)N(c3ccccc3)C1=O)CC2. The summed E-state index contributed by atoms with van der Waals surface area (Å²) in [5, 5.41) is 2.69. The number of fused-ring (bicyclic) bond motifs is 1. The third-order valence-electron chi connectivity index (χ3n) is 5.75. The quantitative estimate of drug-likeness (QED) is 0.722. The topological polar surface area (TPSA) is 88.2 Å². The van der Waals surface area contributed by atoms with Gasteiger partial charge in [0.15, 0.2) is 11.5 Å². The molecule has 162 valence electrons. The Hall–Kier alpha value is -3.55. The van der Waals surface area contributed by atoms with Gasteiger partial charge in [-0.25, -0.2) is 9.69 Å². The van der Waals surface area contributed by atoms with Crippen molar-refractivity contribution in [3.8, 4) is 11.5 Å². The molecule has 2 aliphatic rings. The largest absolute Gasteiger partial charge is 0.493 e. The lowest BCUT2D eigenvalue weighted by Gasteiger charge is -2.30. The van der Waals surface area contributed by atoms with Gasteiger partial charge in [-0.3, -0.25) is 9.59 Å². The summed E-state index contributed by atoms with van der Waals surface area (Å²) in [6, 6.07) is 11.5. The third kappa shape index (κ3) is 4.05. The Bertz CT molecular complexity index is 1010. The lowest BCUT2D eigenvalue weighted by Crippen LogP contribution is -2.37. The average Bonchev–Trinajstić information content (AvgIpc) is 3.09. The van der Waals surface area contributed by atoms with Crippen LogP contribution in [0.4, 0.5) is 10.5 Å². The van der Waals surface area contributed by atoms with Crippen molar-refractivity contribution in [2.75, 3.05) is 25.7 Å². The highest BCUT2D eigenvalue weighted by Crippen LogP contribution is 2.33. The van der Waals surface area contributed by atoms with Crippen LogP contribution in [-0.4, -0.2) is 49.6 Å². The summed E-state index contributed by atoms with van der Waals surface area (Å²) in [6.07, 6.45) is 1.17. The standard InChI is InChI=1S/C23H25N3O5/c1-30-19-12-15-10-11-25(14-16(15)13-20(19)31-2)21(27)9-8-18-22(28)26(23(29)24-18)17-6-4-3-5-7-17/h3-7,12-13,18H,8-11,14H2,1-2H3,(H,24,29)/t18-/m0/s1. The summed E-state index contributed by atoms with van der Waals surface area (Å²) in [4.78, 5) is 40.7. The predicted molar refractivity (Wildman–Crippen MR) is 114 cm³/mol. The van der Waals surface area contributed by atoms with E-state index < -0.39 is 12.1 Å². The van der Waals surface area contributed by atoms with Crippen LogP contribution in [0.25, 0.3) is 0 Å². The predicted octanol–water partition coefficient (Wildman–Crippen LogP) is 2.49. The van der Waals surface area contributed by atoms with Crippen molar-refractivity contribution >= 4 is 23.5 Å². The minimum atomic E-state index is -0.696. The molecule has 0 saturated carbocycles. The number of rotatable bonds is 6. The molecule has 8 heteroatoms. The zero-order chi connectivity index (χ0) is 22.0. The van der Waals surface area contributed by atoms with Gasteiger partial charge in [-0.2, -0.15) is 0 Å². The molecule has 31 heavy (non-hydrogen) atoms. The number of anilines is 1. The first-order valence-corrected chi connectivity index (χ1v) is 10.2. The summed E-state index contributed by atoms with van der Waals surface area (Å²) in [6.45, 7) is 1.08. The van der Waals surface area contributed by atoms with Crippen LogP contribution >= 0.6 is 0 Å². The molecule has 1 saturated heterocycles. The smallest absolute Gasteiger partial charge is 0.329 e. The Labute approximate surface area is 180 Å². The summed E-state index contributed by atoms with van der Waals surface area (Å²) >= 11 is 0. The average molecular weight is 423 g/mol. The normalized spacial score (nSPS) is 17.9. The number of urea groups is 1. The van der Waals surface area contributed by atoms with Crippen LogP contribution in [0.2, 0.25) is 0 Å². The maximum Gasteiger partial charge on any atom is 0.329 e. The van der Waals surface area contributed by atoms with Crippen LogP contribution in [0.15, 0.2) is 42.5 Å². The van der Waals surface area contributed by atoms with E-state index in [9.17, 15) is 14.4 Å². The van der Waals surface area contributed by atoms with Crippen molar-refractivity contribution in [1.82, 2.24) is 10.2 Å². The van der Waals surface area contributed by atoms with Gasteiger partial charge in [-0.05, 0) is 48.2 Å². The fourth-order valence-corrected chi connectivity index (χ4v) is 4.07. The summed E-state index contributed by atoms with van der Waals surface area (Å²) < 4.78 is 10.7. The van der Waals surface area contributed by atoms with Crippen molar-refractivity contribution in [2.24, 2.45) is 0 Å². The van der Waals surface area contributed by atoms with Gasteiger partial charge < -0.3 is 19.7 Å². The second kappa shape index (κ2) is 8.67. The molecule has 4 amide bonds. The molecule has 2 aromatic carbocycles. The van der Waals surface area contributed by atoms with Crippen molar-refractivity contribution in [3.05, 3.63) is 53.6 Å². The molecule has 0 unspecified atom stereocenters. The molecule has 2 aliphatic heterocycles. The Kier molecular flexibility index (Phi) is 5.79. The van der Waals surface area contributed by atoms with E-state index >= 15 is 0 Å². The van der Waals surface area contributed by atoms with Crippen molar-refractivity contribution < 1.29 is 23.9 Å². The van der Waals surface area contributed by atoms with Gasteiger partial charge in [0.25, 0.3) is 5.91 Å². The molecule has 0 aliphatic carbocycles. The molecule has 8 nitrogen and oxygen atoms in total. The highest BCUT2D eigenvalue weighted by atomic mass is 16.5. The zero-order valence-electron chi connectivity index (χ0n) is 17.6. The molecule has 1 atom stereocenters. The van der Waals surface area contributed by atoms with E-state index in [1.807, 2.05) is 18.2 Å². The molecule has 2 heterocycles. The molecular weight excluding hydrogens is 398 g/mol. The second-order valence-corrected chi connectivity index (χ2v) is 7.59. The maximum atomic E-state index is 12.8. The number of hydrogen-bond donors (Lipinski definition) is 1. The first kappa shape index (κ1) is 20.7. The number of amides is 4. The van der Waals surface area contributed by atoms with Gasteiger partial charge in [0.05, 0.1) is 19.9 Å². The molecule has 1 N–H and O–H groups in total. The number of carbonyl (C=O) groups is 3. The first-order chi connectivity index (χ1) is 15.0. The van der Waals surface area contributed by atoms with E-state index in [0.717, 1.165) is 22.4 Å². The van der Waals surface area contributed by atoms with Crippen molar-refractivity contribution in [2.45, 2.75) is 31.8 Å². The van der Waals surface area contributed by atoms with Gasteiger partial charge in [0, 0.05) is 19.5 Å². The molecule has 0 spiro atoms. The number of para-hydroxylation sites is 1. The molecule has 2 aromatic rings. The fraction of sp³-hybridized carbons (Fsp3) is 0.348. The number of methoxy groups -OCH3 is 2.